The number of allylic oxidation sites excluding steroid dienone is 3. The Bertz CT molecular complexity index is 1300. The molecular formula is C21H19N7OS. The molecule has 0 bridgehead atoms. The SMILES string of the molecule is ONC1=CCC=C(CNc2nc(Nc3ccc4[nH]ncc4c3)c3sccc3n2)C=C1. The summed E-state index contributed by atoms with van der Waals surface area (Å²) in [6.07, 6.45) is 10.3. The number of hydrogen-bond acceptors (Lipinski definition) is 8. The average Bonchev–Trinajstić information content (AvgIpc) is 3.36. The van der Waals surface area contributed by atoms with Gasteiger partial charge in [-0.2, -0.15) is 10.1 Å². The number of nitrogens with one attached hydrogen (secondary N) is 4. The summed E-state index contributed by atoms with van der Waals surface area (Å²) in [6, 6.07) is 8.01. The minimum absolute atomic E-state index is 0.555. The van der Waals surface area contributed by atoms with Crippen LogP contribution in [0.1, 0.15) is 6.42 Å². The maximum atomic E-state index is 9.05. The van der Waals surface area contributed by atoms with E-state index in [9.17, 15) is 0 Å². The second kappa shape index (κ2) is 7.97. The normalized spacial score (nSPS) is 13.8. The van der Waals surface area contributed by atoms with Crippen molar-refractivity contribution in [2.45, 2.75) is 6.42 Å². The summed E-state index contributed by atoms with van der Waals surface area (Å²) in [6.45, 7) is 0.582. The van der Waals surface area contributed by atoms with Crippen LogP contribution < -0.4 is 16.1 Å². The lowest BCUT2D eigenvalue weighted by Gasteiger charge is -2.10. The second-order valence-corrected chi connectivity index (χ2v) is 7.72. The predicted octanol–water partition coefficient (Wildman–Crippen LogP) is 4.47. The van der Waals surface area contributed by atoms with Gasteiger partial charge in [-0.25, -0.2) is 4.98 Å². The van der Waals surface area contributed by atoms with Crippen LogP contribution in [0.2, 0.25) is 0 Å². The Balaban J connectivity index is 1.38. The van der Waals surface area contributed by atoms with Crippen LogP contribution in [-0.4, -0.2) is 31.9 Å². The number of benzene rings is 1. The van der Waals surface area contributed by atoms with E-state index in [1.807, 2.05) is 47.9 Å². The zero-order valence-corrected chi connectivity index (χ0v) is 16.7. The van der Waals surface area contributed by atoms with E-state index in [0.29, 0.717) is 18.2 Å². The molecule has 0 atom stereocenters. The van der Waals surface area contributed by atoms with Crippen molar-refractivity contribution in [2.24, 2.45) is 0 Å². The van der Waals surface area contributed by atoms with Crippen LogP contribution in [0.4, 0.5) is 17.5 Å². The lowest BCUT2D eigenvalue weighted by Crippen LogP contribution is -2.08. The number of aromatic nitrogens is 4. The molecule has 0 fully saturated rings. The molecule has 0 radical (unpaired) electrons. The molecule has 1 aromatic carbocycles. The average molecular weight is 417 g/mol. The molecule has 150 valence electrons. The van der Waals surface area contributed by atoms with Crippen LogP contribution >= 0.6 is 11.3 Å². The number of fused-ring (bicyclic) bond motifs is 2. The highest BCUT2D eigenvalue weighted by molar-refractivity contribution is 7.17. The molecule has 0 amide bonds. The van der Waals surface area contributed by atoms with Crippen LogP contribution in [-0.2, 0) is 0 Å². The minimum atomic E-state index is 0.555. The quantitative estimate of drug-likeness (QED) is 0.294. The van der Waals surface area contributed by atoms with Gasteiger partial charge in [-0.05, 0) is 47.7 Å². The topological polar surface area (TPSA) is 111 Å². The van der Waals surface area contributed by atoms with Gasteiger partial charge in [0.1, 0.15) is 0 Å². The Labute approximate surface area is 176 Å². The smallest absolute Gasteiger partial charge is 0.225 e. The molecule has 5 rings (SSSR count). The van der Waals surface area contributed by atoms with Crippen LogP contribution in [0.25, 0.3) is 21.1 Å². The molecule has 8 nitrogen and oxygen atoms in total. The number of anilines is 3. The van der Waals surface area contributed by atoms with Gasteiger partial charge in [-0.1, -0.05) is 18.2 Å². The van der Waals surface area contributed by atoms with Crippen molar-refractivity contribution in [1.29, 1.82) is 0 Å². The summed E-state index contributed by atoms with van der Waals surface area (Å²) in [5.41, 5.74) is 6.77. The molecule has 5 N–H and O–H groups in total. The van der Waals surface area contributed by atoms with Gasteiger partial charge >= 0.3 is 0 Å². The van der Waals surface area contributed by atoms with E-state index in [-0.39, 0.29) is 0 Å². The van der Waals surface area contributed by atoms with Crippen molar-refractivity contribution in [2.75, 3.05) is 17.2 Å². The predicted molar refractivity (Wildman–Crippen MR) is 120 cm³/mol. The minimum Gasteiger partial charge on any atom is -0.350 e. The molecular weight excluding hydrogens is 398 g/mol. The molecule has 0 saturated heterocycles. The molecule has 3 aromatic heterocycles. The Morgan fingerprint density at radius 3 is 3.03 bits per heavy atom. The summed E-state index contributed by atoms with van der Waals surface area (Å²) < 4.78 is 1.00. The number of nitrogens with zero attached hydrogens (tertiary/aromatic N) is 3. The Morgan fingerprint density at radius 1 is 1.13 bits per heavy atom. The van der Waals surface area contributed by atoms with Crippen LogP contribution in [0.15, 0.2) is 71.4 Å². The first-order valence-corrected chi connectivity index (χ1v) is 10.3. The van der Waals surface area contributed by atoms with E-state index in [2.05, 4.69) is 37.4 Å². The molecule has 9 heteroatoms. The molecule has 4 aromatic rings. The van der Waals surface area contributed by atoms with Crippen molar-refractivity contribution < 1.29 is 5.21 Å². The van der Waals surface area contributed by atoms with E-state index in [1.54, 1.807) is 17.5 Å². The van der Waals surface area contributed by atoms with E-state index in [1.165, 1.54) is 0 Å². The fraction of sp³-hybridized carbons (Fsp3) is 0.0952. The third kappa shape index (κ3) is 3.76. The van der Waals surface area contributed by atoms with Crippen molar-refractivity contribution in [3.8, 4) is 0 Å². The number of rotatable bonds is 6. The van der Waals surface area contributed by atoms with E-state index >= 15 is 0 Å². The maximum Gasteiger partial charge on any atom is 0.225 e. The van der Waals surface area contributed by atoms with Gasteiger partial charge in [-0.15, -0.1) is 11.3 Å². The Kier molecular flexibility index (Phi) is 4.88. The molecule has 3 heterocycles. The maximum absolute atomic E-state index is 9.05. The Hall–Kier alpha value is -3.69. The van der Waals surface area contributed by atoms with Gasteiger partial charge in [0, 0.05) is 17.6 Å². The fourth-order valence-corrected chi connectivity index (χ4v) is 4.03. The van der Waals surface area contributed by atoms with Gasteiger partial charge in [-0.3, -0.25) is 15.8 Å². The molecule has 0 aliphatic heterocycles. The zero-order chi connectivity index (χ0) is 20.3. The first-order chi connectivity index (χ1) is 14.8. The molecule has 0 spiro atoms. The van der Waals surface area contributed by atoms with Gasteiger partial charge < -0.3 is 10.6 Å². The van der Waals surface area contributed by atoms with Crippen molar-refractivity contribution in [3.63, 3.8) is 0 Å². The van der Waals surface area contributed by atoms with Gasteiger partial charge in [0.05, 0.1) is 27.6 Å². The molecule has 0 saturated carbocycles. The number of thiophene rings is 1. The van der Waals surface area contributed by atoms with Crippen LogP contribution in [0.3, 0.4) is 0 Å². The monoisotopic (exact) mass is 417 g/mol. The molecule has 30 heavy (non-hydrogen) atoms. The summed E-state index contributed by atoms with van der Waals surface area (Å²) in [7, 11) is 0. The van der Waals surface area contributed by atoms with E-state index in [4.69, 9.17) is 10.2 Å². The third-order valence-electron chi connectivity index (χ3n) is 4.78. The number of aromatic amines is 1. The van der Waals surface area contributed by atoms with Gasteiger partial charge in [0.2, 0.25) is 5.95 Å². The van der Waals surface area contributed by atoms with Crippen LogP contribution in [0, 0.1) is 0 Å². The largest absolute Gasteiger partial charge is 0.350 e. The number of H-pyrrole nitrogens is 1. The number of hydrogen-bond donors (Lipinski definition) is 5. The molecule has 1 aliphatic rings. The standard InChI is InChI=1S/C21H19N7OS/c29-28-15-3-1-2-13(4-5-15)11-22-21-25-18-8-9-30-19(18)20(26-21)24-16-6-7-17-14(10-16)12-23-27-17/h2-10,12,28-29H,1,11H2,(H,23,27)(H2,22,24,25,26). The highest BCUT2D eigenvalue weighted by Gasteiger charge is 2.10. The molecule has 0 unspecified atom stereocenters. The van der Waals surface area contributed by atoms with Gasteiger partial charge in [0.25, 0.3) is 0 Å². The van der Waals surface area contributed by atoms with Crippen molar-refractivity contribution in [3.05, 3.63) is 71.4 Å². The zero-order valence-electron chi connectivity index (χ0n) is 15.9. The summed E-state index contributed by atoms with van der Waals surface area (Å²) >= 11 is 1.60. The van der Waals surface area contributed by atoms with Crippen LogP contribution in [0.5, 0.6) is 0 Å². The first-order valence-electron chi connectivity index (χ1n) is 9.45. The summed E-state index contributed by atoms with van der Waals surface area (Å²) in [5.74, 6) is 1.32. The van der Waals surface area contributed by atoms with Crippen molar-refractivity contribution in [1.82, 2.24) is 25.6 Å². The Morgan fingerprint density at radius 2 is 2.10 bits per heavy atom. The summed E-state index contributed by atoms with van der Waals surface area (Å²) in [5, 5.41) is 25.9. The van der Waals surface area contributed by atoms with E-state index in [0.717, 1.165) is 44.6 Å². The highest BCUT2D eigenvalue weighted by atomic mass is 32.1. The summed E-state index contributed by atoms with van der Waals surface area (Å²) in [4.78, 5) is 9.35. The van der Waals surface area contributed by atoms with E-state index < -0.39 is 0 Å². The number of hydroxylamine groups is 1. The highest BCUT2D eigenvalue weighted by Crippen LogP contribution is 2.30. The lowest BCUT2D eigenvalue weighted by molar-refractivity contribution is 0.204. The third-order valence-corrected chi connectivity index (χ3v) is 5.69. The fourth-order valence-electron chi connectivity index (χ4n) is 3.25. The first kappa shape index (κ1) is 18.3. The second-order valence-electron chi connectivity index (χ2n) is 6.80. The van der Waals surface area contributed by atoms with Crippen molar-refractivity contribution >= 4 is 49.9 Å². The van der Waals surface area contributed by atoms with Gasteiger partial charge in [0.15, 0.2) is 5.82 Å². The molecule has 1 aliphatic carbocycles. The lowest BCUT2D eigenvalue weighted by atomic mass is 10.2.